The fourth-order valence-corrected chi connectivity index (χ4v) is 5.73. The third-order valence-electron chi connectivity index (χ3n) is 8.08. The number of likely N-dealkylation sites (tertiary alicyclic amines) is 1. The van der Waals surface area contributed by atoms with Crippen LogP contribution in [0, 0.1) is 5.41 Å². The monoisotopic (exact) mass is 459 g/mol. The number of hydrogen-bond acceptors (Lipinski definition) is 3. The van der Waals surface area contributed by atoms with Crippen molar-refractivity contribution < 1.29 is 9.59 Å². The normalized spacial score (nSPS) is 21.1. The first-order valence-corrected chi connectivity index (χ1v) is 13.1. The lowest BCUT2D eigenvalue weighted by Crippen LogP contribution is -2.49. The predicted molar refractivity (Wildman–Crippen MR) is 136 cm³/mol. The third-order valence-corrected chi connectivity index (χ3v) is 8.08. The number of amides is 2. The summed E-state index contributed by atoms with van der Waals surface area (Å²) in [7, 11) is 0. The zero-order valence-electron chi connectivity index (χ0n) is 20.3. The van der Waals surface area contributed by atoms with Gasteiger partial charge < -0.3 is 10.2 Å². The van der Waals surface area contributed by atoms with Crippen molar-refractivity contribution in [1.82, 2.24) is 10.2 Å². The van der Waals surface area contributed by atoms with Crippen LogP contribution in [0.25, 0.3) is 0 Å². The Balaban J connectivity index is 1.26. The highest BCUT2D eigenvalue weighted by atomic mass is 16.2. The molecule has 2 aromatic rings. The zero-order valence-corrected chi connectivity index (χ0v) is 20.3. The van der Waals surface area contributed by atoms with Crippen LogP contribution in [0.4, 0.5) is 5.69 Å². The molecule has 1 unspecified atom stereocenters. The maximum absolute atomic E-state index is 13.6. The molecule has 0 aromatic heterocycles. The molecule has 3 aliphatic rings. The molecular formula is C29H37N3O2. The standard InChI is InChI=1S/C29H37N3O2/c1-2-3-18-30-27(33)26(24-7-5-4-6-8-24)31-19-15-29(16-20-31)17-21-32(28(29)34)25-13-11-23(12-14-25)22-9-10-22/h4-8,11-14,22,26H,2-3,9-10,15-21H2,1H3,(H,30,33). The summed E-state index contributed by atoms with van der Waals surface area (Å²) in [5.74, 6) is 1.08. The number of unbranched alkanes of at least 4 members (excludes halogenated alkanes) is 1. The lowest BCUT2D eigenvalue weighted by atomic mass is 9.76. The largest absolute Gasteiger partial charge is 0.354 e. The maximum atomic E-state index is 13.6. The van der Waals surface area contributed by atoms with Gasteiger partial charge in [-0.25, -0.2) is 0 Å². The highest BCUT2D eigenvalue weighted by Crippen LogP contribution is 2.45. The number of benzene rings is 2. The van der Waals surface area contributed by atoms with Crippen molar-refractivity contribution in [3.8, 4) is 0 Å². The summed E-state index contributed by atoms with van der Waals surface area (Å²) < 4.78 is 0. The van der Waals surface area contributed by atoms with Crippen molar-refractivity contribution in [1.29, 1.82) is 0 Å². The lowest BCUT2D eigenvalue weighted by Gasteiger charge is -2.41. The molecule has 5 rings (SSSR count). The summed E-state index contributed by atoms with van der Waals surface area (Å²) in [5.41, 5.74) is 3.18. The van der Waals surface area contributed by atoms with Gasteiger partial charge >= 0.3 is 0 Å². The van der Waals surface area contributed by atoms with Gasteiger partial charge in [0.1, 0.15) is 6.04 Å². The molecule has 0 radical (unpaired) electrons. The van der Waals surface area contributed by atoms with Gasteiger partial charge in [0.2, 0.25) is 11.8 Å². The highest BCUT2D eigenvalue weighted by molar-refractivity contribution is 6.00. The Kier molecular flexibility index (Phi) is 6.73. The summed E-state index contributed by atoms with van der Waals surface area (Å²) in [6.07, 6.45) is 7.17. The Bertz CT molecular complexity index is 992. The van der Waals surface area contributed by atoms with E-state index in [2.05, 4.69) is 41.4 Å². The molecule has 34 heavy (non-hydrogen) atoms. The molecule has 2 aromatic carbocycles. The van der Waals surface area contributed by atoms with Crippen LogP contribution in [0.5, 0.6) is 0 Å². The number of nitrogens with zero attached hydrogens (tertiary/aromatic N) is 2. The van der Waals surface area contributed by atoms with Crippen molar-refractivity contribution >= 4 is 17.5 Å². The summed E-state index contributed by atoms with van der Waals surface area (Å²) >= 11 is 0. The number of carbonyl (C=O) groups excluding carboxylic acids is 2. The Hall–Kier alpha value is -2.66. The molecule has 1 saturated carbocycles. The number of carbonyl (C=O) groups is 2. The van der Waals surface area contributed by atoms with E-state index in [1.54, 1.807) is 0 Å². The molecule has 0 bridgehead atoms. The smallest absolute Gasteiger partial charge is 0.241 e. The first-order chi connectivity index (χ1) is 16.6. The molecule has 5 nitrogen and oxygen atoms in total. The molecule has 180 valence electrons. The van der Waals surface area contributed by atoms with Gasteiger partial charge in [0, 0.05) is 31.9 Å². The quantitative estimate of drug-likeness (QED) is 0.563. The molecule has 1 atom stereocenters. The van der Waals surface area contributed by atoms with Crippen LogP contribution in [0.3, 0.4) is 0 Å². The average Bonchev–Trinajstić information content (AvgIpc) is 3.67. The van der Waals surface area contributed by atoms with Crippen LogP contribution in [-0.4, -0.2) is 42.9 Å². The average molecular weight is 460 g/mol. The van der Waals surface area contributed by atoms with Crippen LogP contribution in [0.2, 0.25) is 0 Å². The Labute approximate surface area is 203 Å². The second-order valence-electron chi connectivity index (χ2n) is 10.3. The molecule has 2 heterocycles. The van der Waals surface area contributed by atoms with E-state index in [0.29, 0.717) is 6.54 Å². The molecule has 1 aliphatic carbocycles. The van der Waals surface area contributed by atoms with Gasteiger partial charge in [-0.1, -0.05) is 55.8 Å². The van der Waals surface area contributed by atoms with E-state index in [1.807, 2.05) is 35.2 Å². The summed E-state index contributed by atoms with van der Waals surface area (Å²) in [5, 5.41) is 3.14. The van der Waals surface area contributed by atoms with E-state index in [9.17, 15) is 9.59 Å². The lowest BCUT2D eigenvalue weighted by molar-refractivity contribution is -0.131. The van der Waals surface area contributed by atoms with Crippen LogP contribution >= 0.6 is 0 Å². The molecule has 2 amide bonds. The SMILES string of the molecule is CCCCNC(=O)C(c1ccccc1)N1CCC2(CCN(c3ccc(C4CC4)cc3)C2=O)CC1. The van der Waals surface area contributed by atoms with E-state index >= 15 is 0 Å². The molecule has 1 N–H and O–H groups in total. The topological polar surface area (TPSA) is 52.7 Å². The van der Waals surface area contributed by atoms with Crippen LogP contribution in [0.1, 0.15) is 75.0 Å². The fraction of sp³-hybridized carbons (Fsp3) is 0.517. The summed E-state index contributed by atoms with van der Waals surface area (Å²) in [6.45, 7) is 5.17. The number of piperidine rings is 1. The summed E-state index contributed by atoms with van der Waals surface area (Å²) in [4.78, 5) is 31.1. The third kappa shape index (κ3) is 4.63. The number of anilines is 1. The van der Waals surface area contributed by atoms with Gasteiger partial charge in [-0.2, -0.15) is 0 Å². The van der Waals surface area contributed by atoms with Gasteiger partial charge in [-0.05, 0) is 67.7 Å². The molecule has 2 aliphatic heterocycles. The summed E-state index contributed by atoms with van der Waals surface area (Å²) in [6, 6.07) is 18.5. The van der Waals surface area contributed by atoms with Gasteiger partial charge in [0.05, 0.1) is 5.41 Å². The molecule has 5 heteroatoms. The van der Waals surface area contributed by atoms with Gasteiger partial charge in [-0.3, -0.25) is 14.5 Å². The van der Waals surface area contributed by atoms with E-state index in [0.717, 1.165) is 68.9 Å². The predicted octanol–water partition coefficient (Wildman–Crippen LogP) is 5.04. The Morgan fingerprint density at radius 1 is 1.00 bits per heavy atom. The van der Waals surface area contributed by atoms with Crippen molar-refractivity contribution in [2.75, 3.05) is 31.1 Å². The molecule has 3 fully saturated rings. The minimum Gasteiger partial charge on any atom is -0.354 e. The van der Waals surface area contributed by atoms with Gasteiger partial charge in [0.25, 0.3) is 0 Å². The first kappa shape index (κ1) is 23.1. The second kappa shape index (κ2) is 9.91. The van der Waals surface area contributed by atoms with E-state index < -0.39 is 0 Å². The maximum Gasteiger partial charge on any atom is 0.241 e. The first-order valence-electron chi connectivity index (χ1n) is 13.1. The highest BCUT2D eigenvalue weighted by Gasteiger charge is 2.49. The molecular weight excluding hydrogens is 422 g/mol. The fourth-order valence-electron chi connectivity index (χ4n) is 5.73. The zero-order chi connectivity index (χ0) is 23.5. The Morgan fingerprint density at radius 2 is 1.68 bits per heavy atom. The number of rotatable bonds is 8. The second-order valence-corrected chi connectivity index (χ2v) is 10.3. The van der Waals surface area contributed by atoms with Crippen LogP contribution in [0.15, 0.2) is 54.6 Å². The molecule has 2 saturated heterocycles. The van der Waals surface area contributed by atoms with E-state index in [-0.39, 0.29) is 23.3 Å². The minimum atomic E-state index is -0.294. The minimum absolute atomic E-state index is 0.0747. The number of nitrogens with one attached hydrogen (secondary N) is 1. The van der Waals surface area contributed by atoms with Crippen molar-refractivity contribution in [3.63, 3.8) is 0 Å². The number of hydrogen-bond donors (Lipinski definition) is 1. The van der Waals surface area contributed by atoms with Crippen LogP contribution < -0.4 is 10.2 Å². The van der Waals surface area contributed by atoms with Crippen molar-refractivity contribution in [2.24, 2.45) is 5.41 Å². The van der Waals surface area contributed by atoms with E-state index in [4.69, 9.17) is 0 Å². The van der Waals surface area contributed by atoms with Gasteiger partial charge in [-0.15, -0.1) is 0 Å². The van der Waals surface area contributed by atoms with Crippen molar-refractivity contribution in [3.05, 3.63) is 65.7 Å². The van der Waals surface area contributed by atoms with Crippen molar-refractivity contribution in [2.45, 2.75) is 63.8 Å². The molecule has 1 spiro atoms. The van der Waals surface area contributed by atoms with Crippen LogP contribution in [-0.2, 0) is 9.59 Å². The van der Waals surface area contributed by atoms with Gasteiger partial charge in [0.15, 0.2) is 0 Å². The van der Waals surface area contributed by atoms with E-state index in [1.165, 1.54) is 18.4 Å². The Morgan fingerprint density at radius 3 is 2.32 bits per heavy atom.